The quantitative estimate of drug-likeness (QED) is 0.309. The fourth-order valence-electron chi connectivity index (χ4n) is 4.99. The number of piperazine rings is 1. The van der Waals surface area contributed by atoms with E-state index in [1.165, 1.54) is 0 Å². The fraction of sp³-hybridized carbons (Fsp3) is 0.448. The molecule has 1 aliphatic carbocycles. The molecule has 0 spiro atoms. The van der Waals surface area contributed by atoms with Gasteiger partial charge in [-0.2, -0.15) is 4.98 Å². The first kappa shape index (κ1) is 26.0. The third kappa shape index (κ3) is 5.85. The van der Waals surface area contributed by atoms with E-state index in [-0.39, 0.29) is 11.6 Å². The predicted molar refractivity (Wildman–Crippen MR) is 151 cm³/mol. The van der Waals surface area contributed by atoms with Crippen molar-refractivity contribution in [2.24, 2.45) is 0 Å². The standard InChI is InChI=1S/C29H34ClN7O2/c1-20(17-21-5-3-4-10-32-21)37-26(35-25-27(37)33-19-34-28(25)39-29(2)8-9-29)23-7-6-22(18-24(23)30)38-16-15-36-13-11-31-12-14-36/h3-7,10,18-20,31H,8-9,11-17H2,1-2H3/t20-/m1/s1. The van der Waals surface area contributed by atoms with Crippen LogP contribution in [0, 0.1) is 0 Å². The molecule has 10 heteroatoms. The summed E-state index contributed by atoms with van der Waals surface area (Å²) in [5, 5.41) is 3.95. The maximum atomic E-state index is 6.88. The lowest BCUT2D eigenvalue weighted by atomic mass is 10.1. The molecule has 39 heavy (non-hydrogen) atoms. The molecule has 1 saturated carbocycles. The Balaban J connectivity index is 1.32. The molecule has 1 saturated heterocycles. The average molecular weight is 548 g/mol. The van der Waals surface area contributed by atoms with Gasteiger partial charge in [-0.25, -0.2) is 9.97 Å². The van der Waals surface area contributed by atoms with Gasteiger partial charge in [-0.05, 0) is 57.0 Å². The van der Waals surface area contributed by atoms with Crippen molar-refractivity contribution in [3.05, 3.63) is 59.6 Å². The molecule has 4 aromatic rings. The van der Waals surface area contributed by atoms with E-state index in [0.717, 1.165) is 74.0 Å². The summed E-state index contributed by atoms with van der Waals surface area (Å²) in [6.07, 6.45) is 6.09. The van der Waals surface area contributed by atoms with Gasteiger partial charge in [-0.3, -0.25) is 9.88 Å². The molecular formula is C29H34ClN7O2. The zero-order chi connectivity index (χ0) is 26.8. The highest BCUT2D eigenvalue weighted by Crippen LogP contribution is 2.42. The number of imidazole rings is 1. The van der Waals surface area contributed by atoms with E-state index < -0.39 is 0 Å². The van der Waals surface area contributed by atoms with Gasteiger partial charge in [0.15, 0.2) is 11.2 Å². The molecule has 1 atom stereocenters. The SMILES string of the molecule is C[C@H](Cc1ccccn1)n1c(-c2ccc(OCCN3CCNCC3)cc2Cl)nc2c(OC3(C)CC3)ncnc21. The number of pyridine rings is 1. The van der Waals surface area contributed by atoms with Crippen LogP contribution in [0.1, 0.15) is 38.4 Å². The van der Waals surface area contributed by atoms with E-state index in [2.05, 4.69) is 43.6 Å². The smallest absolute Gasteiger partial charge is 0.245 e. The minimum Gasteiger partial charge on any atom is -0.492 e. The Bertz CT molecular complexity index is 1430. The topological polar surface area (TPSA) is 90.2 Å². The van der Waals surface area contributed by atoms with E-state index in [4.69, 9.17) is 26.1 Å². The molecule has 0 amide bonds. The monoisotopic (exact) mass is 547 g/mol. The number of hydrogen-bond donors (Lipinski definition) is 1. The Morgan fingerprint density at radius 2 is 1.95 bits per heavy atom. The second kappa shape index (κ2) is 11.1. The molecule has 0 bridgehead atoms. The summed E-state index contributed by atoms with van der Waals surface area (Å²) in [7, 11) is 0. The number of nitrogens with one attached hydrogen (secondary N) is 1. The number of hydrogen-bond acceptors (Lipinski definition) is 8. The Hall–Kier alpha value is -3.27. The van der Waals surface area contributed by atoms with Crippen molar-refractivity contribution in [1.82, 2.24) is 34.7 Å². The van der Waals surface area contributed by atoms with Crippen molar-refractivity contribution in [3.8, 4) is 23.0 Å². The molecule has 2 aliphatic rings. The third-order valence-electron chi connectivity index (χ3n) is 7.48. The van der Waals surface area contributed by atoms with Crippen LogP contribution in [0.5, 0.6) is 11.6 Å². The summed E-state index contributed by atoms with van der Waals surface area (Å²) in [6.45, 7) is 9.89. The Morgan fingerprint density at radius 3 is 2.69 bits per heavy atom. The van der Waals surface area contributed by atoms with Crippen LogP contribution in [0.2, 0.25) is 5.02 Å². The summed E-state index contributed by atoms with van der Waals surface area (Å²) in [6, 6.07) is 11.8. The lowest BCUT2D eigenvalue weighted by molar-refractivity contribution is 0.191. The molecular weight excluding hydrogens is 514 g/mol. The maximum Gasteiger partial charge on any atom is 0.245 e. The molecule has 6 rings (SSSR count). The van der Waals surface area contributed by atoms with Crippen LogP contribution in [0.15, 0.2) is 48.9 Å². The lowest BCUT2D eigenvalue weighted by Gasteiger charge is -2.26. The highest BCUT2D eigenvalue weighted by Gasteiger charge is 2.41. The molecule has 3 aromatic heterocycles. The minimum atomic E-state index is -0.188. The van der Waals surface area contributed by atoms with Gasteiger partial charge in [-0.15, -0.1) is 0 Å². The van der Waals surface area contributed by atoms with Gasteiger partial charge in [0.25, 0.3) is 0 Å². The van der Waals surface area contributed by atoms with Crippen LogP contribution < -0.4 is 14.8 Å². The van der Waals surface area contributed by atoms with Crippen molar-refractivity contribution in [3.63, 3.8) is 0 Å². The van der Waals surface area contributed by atoms with E-state index in [1.807, 2.05) is 42.6 Å². The summed E-state index contributed by atoms with van der Waals surface area (Å²) < 4.78 is 14.4. The Labute approximate surface area is 233 Å². The fourth-order valence-corrected chi connectivity index (χ4v) is 5.24. The number of aromatic nitrogens is 5. The third-order valence-corrected chi connectivity index (χ3v) is 7.79. The highest BCUT2D eigenvalue weighted by molar-refractivity contribution is 6.33. The second-order valence-electron chi connectivity index (χ2n) is 10.7. The molecule has 0 radical (unpaired) electrons. The van der Waals surface area contributed by atoms with Crippen LogP contribution in [0.3, 0.4) is 0 Å². The number of rotatable bonds is 10. The van der Waals surface area contributed by atoms with Crippen molar-refractivity contribution in [2.75, 3.05) is 39.3 Å². The minimum absolute atomic E-state index is 0.00480. The summed E-state index contributed by atoms with van der Waals surface area (Å²) >= 11 is 6.88. The van der Waals surface area contributed by atoms with E-state index in [9.17, 15) is 0 Å². The van der Waals surface area contributed by atoms with Crippen molar-refractivity contribution in [2.45, 2.75) is 44.8 Å². The van der Waals surface area contributed by atoms with Gasteiger partial charge in [0.2, 0.25) is 5.88 Å². The van der Waals surface area contributed by atoms with Crippen LogP contribution in [-0.4, -0.2) is 74.3 Å². The normalized spacial score (nSPS) is 17.7. The summed E-state index contributed by atoms with van der Waals surface area (Å²) in [5.74, 6) is 1.97. The number of nitrogens with zero attached hydrogens (tertiary/aromatic N) is 6. The van der Waals surface area contributed by atoms with Crippen molar-refractivity contribution in [1.29, 1.82) is 0 Å². The number of benzene rings is 1. The number of ether oxygens (including phenoxy) is 2. The number of fused-ring (bicyclic) bond motifs is 1. The van der Waals surface area contributed by atoms with Crippen LogP contribution in [0.4, 0.5) is 0 Å². The first-order chi connectivity index (χ1) is 19.0. The van der Waals surface area contributed by atoms with Gasteiger partial charge in [0.05, 0.1) is 5.02 Å². The predicted octanol–water partition coefficient (Wildman–Crippen LogP) is 4.56. The van der Waals surface area contributed by atoms with Crippen molar-refractivity contribution >= 4 is 22.8 Å². The lowest BCUT2D eigenvalue weighted by Crippen LogP contribution is -2.44. The van der Waals surface area contributed by atoms with E-state index in [0.29, 0.717) is 29.4 Å². The summed E-state index contributed by atoms with van der Waals surface area (Å²) in [5.41, 5.74) is 2.97. The molecule has 0 unspecified atom stereocenters. The zero-order valence-electron chi connectivity index (χ0n) is 22.4. The van der Waals surface area contributed by atoms with Crippen LogP contribution in [0.25, 0.3) is 22.6 Å². The highest BCUT2D eigenvalue weighted by atomic mass is 35.5. The maximum absolute atomic E-state index is 6.88. The largest absolute Gasteiger partial charge is 0.492 e. The van der Waals surface area contributed by atoms with E-state index in [1.54, 1.807) is 6.33 Å². The molecule has 1 aromatic carbocycles. The first-order valence-electron chi connectivity index (χ1n) is 13.7. The van der Waals surface area contributed by atoms with Gasteiger partial charge >= 0.3 is 0 Å². The van der Waals surface area contributed by atoms with Gasteiger partial charge < -0.3 is 19.4 Å². The van der Waals surface area contributed by atoms with Gasteiger partial charge in [-0.1, -0.05) is 17.7 Å². The van der Waals surface area contributed by atoms with Gasteiger partial charge in [0, 0.05) is 62.6 Å². The second-order valence-corrected chi connectivity index (χ2v) is 11.1. The van der Waals surface area contributed by atoms with Gasteiger partial charge in [0.1, 0.15) is 30.1 Å². The zero-order valence-corrected chi connectivity index (χ0v) is 23.2. The molecule has 1 aliphatic heterocycles. The first-order valence-corrected chi connectivity index (χ1v) is 14.0. The molecule has 2 fully saturated rings. The Morgan fingerprint density at radius 1 is 1.10 bits per heavy atom. The molecule has 1 N–H and O–H groups in total. The molecule has 204 valence electrons. The average Bonchev–Trinajstić information content (AvgIpc) is 3.53. The van der Waals surface area contributed by atoms with Crippen LogP contribution in [-0.2, 0) is 6.42 Å². The number of halogens is 1. The molecule has 9 nitrogen and oxygen atoms in total. The van der Waals surface area contributed by atoms with Crippen molar-refractivity contribution < 1.29 is 9.47 Å². The Kier molecular flexibility index (Phi) is 7.38. The van der Waals surface area contributed by atoms with E-state index >= 15 is 0 Å². The van der Waals surface area contributed by atoms with Crippen LogP contribution >= 0.6 is 11.6 Å². The molecule has 4 heterocycles. The summed E-state index contributed by atoms with van der Waals surface area (Å²) in [4.78, 5) is 21.1.